The molecule has 148 valence electrons. The van der Waals surface area contributed by atoms with Crippen molar-refractivity contribution in [3.8, 4) is 0 Å². The van der Waals surface area contributed by atoms with Gasteiger partial charge in [-0.1, -0.05) is 23.7 Å². The summed E-state index contributed by atoms with van der Waals surface area (Å²) in [6.07, 6.45) is 0. The molecule has 2 amide bonds. The number of carbonyl (C=O) groups excluding carboxylic acids is 2. The SMILES string of the molecule is O=C(Nc1ccc(I)cc1C(=O)NCCN1CCOCC1)c1ccccc1Cl. The van der Waals surface area contributed by atoms with Crippen molar-refractivity contribution in [2.75, 3.05) is 44.7 Å². The van der Waals surface area contributed by atoms with Crippen LogP contribution >= 0.6 is 34.2 Å². The fourth-order valence-electron chi connectivity index (χ4n) is 2.90. The Balaban J connectivity index is 1.66. The standard InChI is InChI=1S/C20H21ClIN3O3/c21-17-4-2-1-3-15(17)20(27)24-18-6-5-14(22)13-16(18)19(26)23-7-8-25-9-11-28-12-10-25/h1-6,13H,7-12H2,(H,23,26)(H,24,27). The summed E-state index contributed by atoms with van der Waals surface area (Å²) in [7, 11) is 0. The van der Waals surface area contributed by atoms with E-state index in [0.29, 0.717) is 28.4 Å². The van der Waals surface area contributed by atoms with E-state index < -0.39 is 0 Å². The third-order valence-electron chi connectivity index (χ3n) is 4.41. The molecule has 1 saturated heterocycles. The zero-order valence-electron chi connectivity index (χ0n) is 15.2. The second kappa shape index (κ2) is 10.2. The van der Waals surface area contributed by atoms with Gasteiger partial charge in [-0.3, -0.25) is 14.5 Å². The summed E-state index contributed by atoms with van der Waals surface area (Å²) in [6, 6.07) is 12.1. The molecule has 1 heterocycles. The van der Waals surface area contributed by atoms with Gasteiger partial charge in [-0.2, -0.15) is 0 Å². The quantitative estimate of drug-likeness (QED) is 0.582. The topological polar surface area (TPSA) is 70.7 Å². The van der Waals surface area contributed by atoms with Crippen molar-refractivity contribution in [2.45, 2.75) is 0 Å². The second-order valence-electron chi connectivity index (χ2n) is 6.33. The van der Waals surface area contributed by atoms with E-state index in [9.17, 15) is 9.59 Å². The van der Waals surface area contributed by atoms with E-state index in [0.717, 1.165) is 36.4 Å². The summed E-state index contributed by atoms with van der Waals surface area (Å²) in [5.41, 5.74) is 1.24. The highest BCUT2D eigenvalue weighted by molar-refractivity contribution is 14.1. The largest absolute Gasteiger partial charge is 0.379 e. The van der Waals surface area contributed by atoms with Crippen molar-refractivity contribution in [1.29, 1.82) is 0 Å². The molecule has 0 radical (unpaired) electrons. The molecule has 0 spiro atoms. The van der Waals surface area contributed by atoms with Crippen molar-refractivity contribution in [3.63, 3.8) is 0 Å². The van der Waals surface area contributed by atoms with Crippen LogP contribution in [-0.2, 0) is 4.74 Å². The van der Waals surface area contributed by atoms with Gasteiger partial charge in [0, 0.05) is 29.7 Å². The van der Waals surface area contributed by atoms with Crippen molar-refractivity contribution in [1.82, 2.24) is 10.2 Å². The van der Waals surface area contributed by atoms with Gasteiger partial charge in [-0.15, -0.1) is 0 Å². The number of halogens is 2. The van der Waals surface area contributed by atoms with Gasteiger partial charge in [0.1, 0.15) is 0 Å². The first kappa shape index (κ1) is 21.0. The number of ether oxygens (including phenoxy) is 1. The molecule has 1 aliphatic rings. The van der Waals surface area contributed by atoms with Crippen molar-refractivity contribution >= 4 is 51.7 Å². The van der Waals surface area contributed by atoms with E-state index in [-0.39, 0.29) is 11.8 Å². The van der Waals surface area contributed by atoms with E-state index in [4.69, 9.17) is 16.3 Å². The Hall–Kier alpha value is -1.68. The predicted molar refractivity (Wildman–Crippen MR) is 118 cm³/mol. The Morgan fingerprint density at radius 2 is 1.82 bits per heavy atom. The maximum atomic E-state index is 12.7. The number of amides is 2. The second-order valence-corrected chi connectivity index (χ2v) is 7.99. The van der Waals surface area contributed by atoms with Crippen molar-refractivity contribution < 1.29 is 14.3 Å². The molecule has 1 aliphatic heterocycles. The van der Waals surface area contributed by atoms with Crippen LogP contribution < -0.4 is 10.6 Å². The first-order valence-electron chi connectivity index (χ1n) is 8.98. The normalized spacial score (nSPS) is 14.5. The maximum Gasteiger partial charge on any atom is 0.257 e. The number of nitrogens with one attached hydrogen (secondary N) is 2. The maximum absolute atomic E-state index is 12.7. The number of benzene rings is 2. The van der Waals surface area contributed by atoms with Crippen LogP contribution in [0.4, 0.5) is 5.69 Å². The van der Waals surface area contributed by atoms with Crippen LogP contribution in [0.2, 0.25) is 5.02 Å². The summed E-state index contributed by atoms with van der Waals surface area (Å²) >= 11 is 8.24. The Morgan fingerprint density at radius 1 is 1.07 bits per heavy atom. The number of anilines is 1. The molecule has 2 N–H and O–H groups in total. The molecule has 0 unspecified atom stereocenters. The Labute approximate surface area is 182 Å². The number of hydrogen-bond donors (Lipinski definition) is 2. The molecule has 0 atom stereocenters. The lowest BCUT2D eigenvalue weighted by Gasteiger charge is -2.26. The van der Waals surface area contributed by atoms with E-state index >= 15 is 0 Å². The molecule has 1 fully saturated rings. The molecule has 8 heteroatoms. The monoisotopic (exact) mass is 513 g/mol. The first-order chi connectivity index (χ1) is 13.5. The Morgan fingerprint density at radius 3 is 2.57 bits per heavy atom. The minimum atomic E-state index is -0.353. The van der Waals surface area contributed by atoms with Crippen LogP contribution in [0.3, 0.4) is 0 Å². The number of nitrogens with zero attached hydrogens (tertiary/aromatic N) is 1. The van der Waals surface area contributed by atoms with Gasteiger partial charge in [-0.05, 0) is 52.9 Å². The molecule has 0 saturated carbocycles. The summed E-state index contributed by atoms with van der Waals surface area (Å²) in [5.74, 6) is -0.574. The Kier molecular flexibility index (Phi) is 7.66. The summed E-state index contributed by atoms with van der Waals surface area (Å²) in [5, 5.41) is 6.10. The molecule has 6 nitrogen and oxygen atoms in total. The van der Waals surface area contributed by atoms with Gasteiger partial charge in [0.15, 0.2) is 0 Å². The number of hydrogen-bond acceptors (Lipinski definition) is 4. The van der Waals surface area contributed by atoms with E-state index in [1.54, 1.807) is 36.4 Å². The van der Waals surface area contributed by atoms with E-state index in [1.807, 2.05) is 6.07 Å². The van der Waals surface area contributed by atoms with Crippen molar-refractivity contribution in [2.24, 2.45) is 0 Å². The van der Waals surface area contributed by atoms with Gasteiger partial charge in [0.05, 0.1) is 35.1 Å². The van der Waals surface area contributed by atoms with E-state index in [1.165, 1.54) is 0 Å². The van der Waals surface area contributed by atoms with Gasteiger partial charge >= 0.3 is 0 Å². The van der Waals surface area contributed by atoms with Gasteiger partial charge in [0.2, 0.25) is 0 Å². The molecular weight excluding hydrogens is 493 g/mol. The fraction of sp³-hybridized carbons (Fsp3) is 0.300. The molecule has 28 heavy (non-hydrogen) atoms. The molecule has 0 bridgehead atoms. The third-order valence-corrected chi connectivity index (χ3v) is 5.41. The lowest BCUT2D eigenvalue weighted by Crippen LogP contribution is -2.41. The van der Waals surface area contributed by atoms with Crippen LogP contribution in [-0.4, -0.2) is 56.1 Å². The first-order valence-corrected chi connectivity index (χ1v) is 10.4. The van der Waals surface area contributed by atoms with Crippen LogP contribution in [0.25, 0.3) is 0 Å². The molecular formula is C20H21ClIN3O3. The van der Waals surface area contributed by atoms with Gasteiger partial charge in [-0.25, -0.2) is 0 Å². The summed E-state index contributed by atoms with van der Waals surface area (Å²) < 4.78 is 6.24. The number of morpholine rings is 1. The van der Waals surface area contributed by atoms with Gasteiger partial charge < -0.3 is 15.4 Å². The highest BCUT2D eigenvalue weighted by atomic mass is 127. The lowest BCUT2D eigenvalue weighted by molar-refractivity contribution is 0.0383. The molecule has 0 aliphatic carbocycles. The molecule has 0 aromatic heterocycles. The molecule has 3 rings (SSSR count). The van der Waals surface area contributed by atoms with Crippen LogP contribution in [0.5, 0.6) is 0 Å². The van der Waals surface area contributed by atoms with Crippen LogP contribution in [0, 0.1) is 3.57 Å². The Bertz CT molecular complexity index is 856. The van der Waals surface area contributed by atoms with Crippen LogP contribution in [0.15, 0.2) is 42.5 Å². The third kappa shape index (κ3) is 5.66. The van der Waals surface area contributed by atoms with E-state index in [2.05, 4.69) is 38.1 Å². The smallest absolute Gasteiger partial charge is 0.257 e. The highest BCUT2D eigenvalue weighted by Gasteiger charge is 2.17. The van der Waals surface area contributed by atoms with Gasteiger partial charge in [0.25, 0.3) is 11.8 Å². The zero-order valence-corrected chi connectivity index (χ0v) is 18.1. The van der Waals surface area contributed by atoms with Crippen molar-refractivity contribution in [3.05, 3.63) is 62.2 Å². The minimum absolute atomic E-state index is 0.221. The average molecular weight is 514 g/mol. The number of carbonyl (C=O) groups is 2. The summed E-state index contributed by atoms with van der Waals surface area (Å²) in [6.45, 7) is 4.49. The zero-order chi connectivity index (χ0) is 19.9. The predicted octanol–water partition coefficient (Wildman–Crippen LogP) is 3.26. The number of rotatable bonds is 6. The molecule has 2 aromatic rings. The lowest BCUT2D eigenvalue weighted by atomic mass is 10.1. The minimum Gasteiger partial charge on any atom is -0.379 e. The highest BCUT2D eigenvalue weighted by Crippen LogP contribution is 2.22. The summed E-state index contributed by atoms with van der Waals surface area (Å²) in [4.78, 5) is 27.5. The molecule has 2 aromatic carbocycles. The average Bonchev–Trinajstić information content (AvgIpc) is 2.70. The fourth-order valence-corrected chi connectivity index (χ4v) is 3.61. The van der Waals surface area contributed by atoms with Crippen LogP contribution in [0.1, 0.15) is 20.7 Å².